The molecule has 0 aliphatic heterocycles. The molecule has 0 spiro atoms. The van der Waals surface area contributed by atoms with Crippen LogP contribution in [0, 0.1) is 11.3 Å². The highest BCUT2D eigenvalue weighted by atomic mass is 35.5. The lowest BCUT2D eigenvalue weighted by Crippen LogP contribution is -2.05. The van der Waals surface area contributed by atoms with E-state index in [9.17, 15) is 4.79 Å². The van der Waals surface area contributed by atoms with E-state index in [2.05, 4.69) is 4.74 Å². The SMILES string of the molecule is CC(=O)OCCC(Cl)C#N. The van der Waals surface area contributed by atoms with Crippen molar-refractivity contribution in [3.05, 3.63) is 0 Å². The van der Waals surface area contributed by atoms with Crippen LogP contribution in [0.3, 0.4) is 0 Å². The van der Waals surface area contributed by atoms with Crippen LogP contribution in [0.25, 0.3) is 0 Å². The van der Waals surface area contributed by atoms with Gasteiger partial charge in [-0.1, -0.05) is 0 Å². The number of hydrogen-bond donors (Lipinski definition) is 0. The normalized spacial score (nSPS) is 11.7. The molecule has 3 nitrogen and oxygen atoms in total. The fourth-order valence-corrected chi connectivity index (χ4v) is 0.460. The molecule has 1 unspecified atom stereocenters. The highest BCUT2D eigenvalue weighted by molar-refractivity contribution is 6.22. The first-order valence-corrected chi connectivity index (χ1v) is 3.27. The minimum absolute atomic E-state index is 0.219. The largest absolute Gasteiger partial charge is 0.466 e. The molecule has 0 saturated heterocycles. The minimum Gasteiger partial charge on any atom is -0.466 e. The second-order valence-electron chi connectivity index (χ2n) is 1.73. The van der Waals surface area contributed by atoms with Crippen molar-refractivity contribution >= 4 is 17.6 Å². The third kappa shape index (κ3) is 5.39. The maximum atomic E-state index is 10.2. The third-order valence-corrected chi connectivity index (χ3v) is 1.13. The molecule has 1 atom stereocenters. The lowest BCUT2D eigenvalue weighted by Gasteiger charge is -1.99. The van der Waals surface area contributed by atoms with Gasteiger partial charge in [0.1, 0.15) is 5.38 Å². The fourth-order valence-electron chi connectivity index (χ4n) is 0.371. The molecular weight excluding hydrogens is 154 g/mol. The third-order valence-electron chi connectivity index (χ3n) is 0.817. The molecule has 0 rings (SSSR count). The Bertz CT molecular complexity index is 152. The topological polar surface area (TPSA) is 50.1 Å². The van der Waals surface area contributed by atoms with E-state index in [1.165, 1.54) is 6.92 Å². The molecule has 0 amide bonds. The van der Waals surface area contributed by atoms with E-state index in [0.29, 0.717) is 6.42 Å². The maximum absolute atomic E-state index is 10.2. The van der Waals surface area contributed by atoms with Gasteiger partial charge in [-0.2, -0.15) is 5.26 Å². The molecule has 0 aromatic heterocycles. The average Bonchev–Trinajstić information content (AvgIpc) is 1.87. The Hall–Kier alpha value is -0.750. The first-order valence-electron chi connectivity index (χ1n) is 2.84. The summed E-state index contributed by atoms with van der Waals surface area (Å²) in [5.41, 5.74) is 0. The lowest BCUT2D eigenvalue weighted by atomic mass is 10.3. The molecule has 0 aromatic rings. The number of esters is 1. The number of carbonyl (C=O) groups is 1. The average molecular weight is 162 g/mol. The van der Waals surface area contributed by atoms with Crippen molar-refractivity contribution in [1.82, 2.24) is 0 Å². The van der Waals surface area contributed by atoms with Gasteiger partial charge in [0.2, 0.25) is 0 Å². The van der Waals surface area contributed by atoms with Crippen molar-refractivity contribution in [3.63, 3.8) is 0 Å². The summed E-state index contributed by atoms with van der Waals surface area (Å²) in [6.07, 6.45) is 0.387. The van der Waals surface area contributed by atoms with Gasteiger partial charge in [-0.25, -0.2) is 0 Å². The summed E-state index contributed by atoms with van der Waals surface area (Å²) in [4.78, 5) is 10.2. The van der Waals surface area contributed by atoms with E-state index >= 15 is 0 Å². The molecule has 10 heavy (non-hydrogen) atoms. The molecule has 0 N–H and O–H groups in total. The van der Waals surface area contributed by atoms with E-state index in [4.69, 9.17) is 16.9 Å². The Labute approximate surface area is 64.5 Å². The summed E-state index contributed by atoms with van der Waals surface area (Å²) in [6.45, 7) is 1.53. The molecule has 0 bridgehead atoms. The number of halogens is 1. The van der Waals surface area contributed by atoms with Crippen molar-refractivity contribution in [3.8, 4) is 6.07 Å². The van der Waals surface area contributed by atoms with Gasteiger partial charge in [-0.15, -0.1) is 11.6 Å². The zero-order valence-electron chi connectivity index (χ0n) is 5.63. The highest BCUT2D eigenvalue weighted by Gasteiger charge is 2.01. The number of alkyl halides is 1. The van der Waals surface area contributed by atoms with E-state index in [1.807, 2.05) is 6.07 Å². The summed E-state index contributed by atoms with van der Waals surface area (Å²) < 4.78 is 4.54. The standard InChI is InChI=1S/C6H8ClNO2/c1-5(9)10-3-2-6(7)4-8/h6H,2-3H2,1H3. The lowest BCUT2D eigenvalue weighted by molar-refractivity contribution is -0.140. The summed E-state index contributed by atoms with van der Waals surface area (Å²) in [6, 6.07) is 1.81. The van der Waals surface area contributed by atoms with E-state index in [-0.39, 0.29) is 12.6 Å². The van der Waals surface area contributed by atoms with Crippen molar-refractivity contribution in [2.45, 2.75) is 18.7 Å². The predicted molar refractivity (Wildman–Crippen MR) is 36.5 cm³/mol. The Morgan fingerprint density at radius 2 is 2.50 bits per heavy atom. The second-order valence-corrected chi connectivity index (χ2v) is 2.25. The molecule has 0 aliphatic carbocycles. The zero-order valence-corrected chi connectivity index (χ0v) is 6.39. The second kappa shape index (κ2) is 5.07. The molecule has 0 aliphatic rings. The zero-order chi connectivity index (χ0) is 7.98. The molecule has 4 heteroatoms. The van der Waals surface area contributed by atoms with Gasteiger partial charge >= 0.3 is 5.97 Å². The molecular formula is C6H8ClNO2. The van der Waals surface area contributed by atoms with Crippen LogP contribution in [0.5, 0.6) is 0 Å². The first-order chi connectivity index (χ1) is 4.66. The highest BCUT2D eigenvalue weighted by Crippen LogP contribution is 1.99. The Kier molecular flexibility index (Phi) is 4.69. The Morgan fingerprint density at radius 3 is 2.90 bits per heavy atom. The molecule has 0 aromatic carbocycles. The van der Waals surface area contributed by atoms with Gasteiger partial charge in [-0.3, -0.25) is 4.79 Å². The number of nitriles is 1. The Balaban J connectivity index is 3.22. The molecule has 56 valence electrons. The van der Waals surface area contributed by atoms with Crippen molar-refractivity contribution < 1.29 is 9.53 Å². The number of ether oxygens (including phenoxy) is 1. The van der Waals surface area contributed by atoms with Crippen LogP contribution < -0.4 is 0 Å². The van der Waals surface area contributed by atoms with Gasteiger partial charge in [0, 0.05) is 13.3 Å². The minimum atomic E-state index is -0.556. The van der Waals surface area contributed by atoms with Gasteiger partial charge in [0.25, 0.3) is 0 Å². The maximum Gasteiger partial charge on any atom is 0.302 e. The van der Waals surface area contributed by atoms with Gasteiger partial charge in [0.15, 0.2) is 0 Å². The van der Waals surface area contributed by atoms with Crippen LogP contribution in [0.15, 0.2) is 0 Å². The fraction of sp³-hybridized carbons (Fsp3) is 0.667. The van der Waals surface area contributed by atoms with Crippen LogP contribution in [0.4, 0.5) is 0 Å². The van der Waals surface area contributed by atoms with E-state index in [1.54, 1.807) is 0 Å². The molecule has 0 saturated carbocycles. The predicted octanol–water partition coefficient (Wildman–Crippen LogP) is 1.07. The number of nitrogens with zero attached hydrogens (tertiary/aromatic N) is 1. The van der Waals surface area contributed by atoms with Crippen LogP contribution in [0.1, 0.15) is 13.3 Å². The van der Waals surface area contributed by atoms with Gasteiger partial charge in [-0.05, 0) is 0 Å². The van der Waals surface area contributed by atoms with Crippen molar-refractivity contribution in [2.75, 3.05) is 6.61 Å². The van der Waals surface area contributed by atoms with E-state index < -0.39 is 5.38 Å². The summed E-state index contributed by atoms with van der Waals surface area (Å²) in [5, 5.41) is 7.62. The number of carbonyl (C=O) groups excluding carboxylic acids is 1. The quantitative estimate of drug-likeness (QED) is 0.460. The van der Waals surface area contributed by atoms with Crippen molar-refractivity contribution in [2.24, 2.45) is 0 Å². The molecule has 0 fully saturated rings. The van der Waals surface area contributed by atoms with E-state index in [0.717, 1.165) is 0 Å². The van der Waals surface area contributed by atoms with Gasteiger partial charge in [0.05, 0.1) is 12.7 Å². The van der Waals surface area contributed by atoms with Crippen LogP contribution in [0.2, 0.25) is 0 Å². The summed E-state index contributed by atoms with van der Waals surface area (Å²) in [7, 11) is 0. The molecule has 0 heterocycles. The van der Waals surface area contributed by atoms with Gasteiger partial charge < -0.3 is 4.74 Å². The monoisotopic (exact) mass is 161 g/mol. The summed E-state index contributed by atoms with van der Waals surface area (Å²) >= 11 is 5.40. The van der Waals surface area contributed by atoms with Crippen LogP contribution in [-0.4, -0.2) is 18.0 Å². The Morgan fingerprint density at radius 1 is 1.90 bits per heavy atom. The first kappa shape index (κ1) is 9.25. The summed E-state index contributed by atoms with van der Waals surface area (Å²) in [5.74, 6) is -0.346. The number of hydrogen-bond acceptors (Lipinski definition) is 3. The number of rotatable bonds is 3. The molecule has 0 radical (unpaired) electrons. The van der Waals surface area contributed by atoms with Crippen LogP contribution >= 0.6 is 11.6 Å². The van der Waals surface area contributed by atoms with Crippen molar-refractivity contribution in [1.29, 1.82) is 5.26 Å². The smallest absolute Gasteiger partial charge is 0.302 e. The van der Waals surface area contributed by atoms with Crippen LogP contribution in [-0.2, 0) is 9.53 Å².